The number of carbonyl (C=O) groups excluding carboxylic acids is 1. The Morgan fingerprint density at radius 1 is 1.08 bits per heavy atom. The van der Waals surface area contributed by atoms with Crippen LogP contribution in [0.15, 0.2) is 54.0 Å². The lowest BCUT2D eigenvalue weighted by Gasteiger charge is -2.16. The van der Waals surface area contributed by atoms with Gasteiger partial charge >= 0.3 is 6.03 Å². The van der Waals surface area contributed by atoms with Gasteiger partial charge in [-0.2, -0.15) is 0 Å². The summed E-state index contributed by atoms with van der Waals surface area (Å²) in [6, 6.07) is 13.2. The van der Waals surface area contributed by atoms with Crippen molar-refractivity contribution in [3.05, 3.63) is 64.6 Å². The maximum Gasteiger partial charge on any atom is 0.315 e. The summed E-state index contributed by atoms with van der Waals surface area (Å²) in [6.45, 7) is 3.84. The Morgan fingerprint density at radius 3 is 2.54 bits per heavy atom. The highest BCUT2D eigenvalue weighted by molar-refractivity contribution is 7.10. The van der Waals surface area contributed by atoms with E-state index in [-0.39, 0.29) is 18.1 Å². The van der Waals surface area contributed by atoms with Gasteiger partial charge in [0.05, 0.1) is 24.0 Å². The first-order valence-corrected chi connectivity index (χ1v) is 8.59. The number of hydrogen-bond acceptors (Lipinski definition) is 4. The van der Waals surface area contributed by atoms with Gasteiger partial charge in [0.2, 0.25) is 0 Å². The minimum absolute atomic E-state index is 0.0304. The fourth-order valence-corrected chi connectivity index (χ4v) is 3.03. The monoisotopic (exact) mass is 341 g/mol. The number of thiophene rings is 1. The summed E-state index contributed by atoms with van der Waals surface area (Å²) in [4.78, 5) is 13.3. The van der Waals surface area contributed by atoms with Crippen molar-refractivity contribution in [3.63, 3.8) is 0 Å². The van der Waals surface area contributed by atoms with E-state index in [1.807, 2.05) is 67.9 Å². The molecule has 0 aliphatic carbocycles. The number of para-hydroxylation sites is 1. The molecule has 2 amide bonds. The third kappa shape index (κ3) is 3.80. The number of carbonyl (C=O) groups is 1. The van der Waals surface area contributed by atoms with Crippen LogP contribution in [0.3, 0.4) is 0 Å². The highest BCUT2D eigenvalue weighted by Gasteiger charge is 2.16. The molecule has 0 spiro atoms. The molecule has 0 bridgehead atoms. The van der Waals surface area contributed by atoms with E-state index in [1.54, 1.807) is 16.0 Å². The van der Waals surface area contributed by atoms with Crippen LogP contribution in [0.2, 0.25) is 0 Å². The highest BCUT2D eigenvalue weighted by Crippen LogP contribution is 2.18. The molecule has 0 fully saturated rings. The summed E-state index contributed by atoms with van der Waals surface area (Å²) in [5, 5.41) is 16.1. The molecule has 2 aromatic heterocycles. The lowest BCUT2D eigenvalue weighted by Crippen LogP contribution is -2.38. The first-order valence-electron chi connectivity index (χ1n) is 7.71. The van der Waals surface area contributed by atoms with Crippen LogP contribution < -0.4 is 10.6 Å². The summed E-state index contributed by atoms with van der Waals surface area (Å²) in [5.41, 5.74) is 1.64. The molecular formula is C17H19N5OS. The van der Waals surface area contributed by atoms with Gasteiger partial charge in [0.1, 0.15) is 5.69 Å². The van der Waals surface area contributed by atoms with Crippen molar-refractivity contribution in [2.45, 2.75) is 25.9 Å². The van der Waals surface area contributed by atoms with Crippen molar-refractivity contribution >= 4 is 17.4 Å². The quantitative estimate of drug-likeness (QED) is 0.746. The molecule has 6 nitrogen and oxygen atoms in total. The van der Waals surface area contributed by atoms with Gasteiger partial charge in [0.15, 0.2) is 0 Å². The van der Waals surface area contributed by atoms with Crippen LogP contribution in [-0.4, -0.2) is 21.0 Å². The van der Waals surface area contributed by atoms with E-state index in [9.17, 15) is 4.79 Å². The van der Waals surface area contributed by atoms with Crippen molar-refractivity contribution in [1.29, 1.82) is 0 Å². The Kier molecular flexibility index (Phi) is 4.90. The topological polar surface area (TPSA) is 71.8 Å². The summed E-state index contributed by atoms with van der Waals surface area (Å²) < 4.78 is 1.69. The molecule has 124 valence electrons. The molecule has 3 aromatic rings. The number of amides is 2. The van der Waals surface area contributed by atoms with Gasteiger partial charge in [-0.15, -0.1) is 16.4 Å². The van der Waals surface area contributed by atoms with E-state index >= 15 is 0 Å². The van der Waals surface area contributed by atoms with Crippen LogP contribution in [0.1, 0.15) is 36.5 Å². The van der Waals surface area contributed by atoms with Crippen molar-refractivity contribution in [3.8, 4) is 5.69 Å². The normalized spacial score (nSPS) is 13.2. The predicted molar refractivity (Wildman–Crippen MR) is 94.2 cm³/mol. The molecule has 0 aliphatic heterocycles. The molecule has 1 aromatic carbocycles. The zero-order valence-electron chi connectivity index (χ0n) is 13.5. The SMILES string of the molecule is C[C@H](NC(=O)N[C@@H](C)c1cccs1)c1cn(-c2ccccc2)nn1. The first kappa shape index (κ1) is 16.2. The van der Waals surface area contributed by atoms with Crippen molar-refractivity contribution in [2.24, 2.45) is 0 Å². The maximum absolute atomic E-state index is 12.1. The van der Waals surface area contributed by atoms with Crippen LogP contribution in [0, 0.1) is 0 Å². The minimum atomic E-state index is -0.238. The number of nitrogens with zero attached hydrogens (tertiary/aromatic N) is 3. The molecule has 0 saturated heterocycles. The van der Waals surface area contributed by atoms with Crippen LogP contribution in [0.5, 0.6) is 0 Å². The molecule has 0 radical (unpaired) electrons. The number of nitrogens with one attached hydrogen (secondary N) is 2. The summed E-state index contributed by atoms with van der Waals surface area (Å²) >= 11 is 1.62. The van der Waals surface area contributed by atoms with Crippen molar-refractivity contribution in [1.82, 2.24) is 25.6 Å². The van der Waals surface area contributed by atoms with Gasteiger partial charge in [-0.1, -0.05) is 29.5 Å². The average molecular weight is 341 g/mol. The first-order chi connectivity index (χ1) is 11.6. The fourth-order valence-electron chi connectivity index (χ4n) is 2.30. The van der Waals surface area contributed by atoms with Gasteiger partial charge in [-0.25, -0.2) is 9.48 Å². The van der Waals surface area contributed by atoms with Crippen molar-refractivity contribution < 1.29 is 4.79 Å². The number of aromatic nitrogens is 3. The Hall–Kier alpha value is -2.67. The number of benzene rings is 1. The molecular weight excluding hydrogens is 322 g/mol. The summed E-state index contributed by atoms with van der Waals surface area (Å²) in [5.74, 6) is 0. The second-order valence-corrected chi connectivity index (χ2v) is 6.48. The lowest BCUT2D eigenvalue weighted by molar-refractivity contribution is 0.235. The average Bonchev–Trinajstić information content (AvgIpc) is 3.27. The molecule has 2 heterocycles. The summed E-state index contributed by atoms with van der Waals surface area (Å²) in [6.07, 6.45) is 1.82. The van der Waals surface area contributed by atoms with E-state index in [2.05, 4.69) is 20.9 Å². The van der Waals surface area contributed by atoms with E-state index in [4.69, 9.17) is 0 Å². The molecule has 2 atom stereocenters. The zero-order chi connectivity index (χ0) is 16.9. The highest BCUT2D eigenvalue weighted by atomic mass is 32.1. The van der Waals surface area contributed by atoms with Crippen LogP contribution in [0.4, 0.5) is 4.79 Å². The van der Waals surface area contributed by atoms with E-state index < -0.39 is 0 Å². The van der Waals surface area contributed by atoms with Crippen molar-refractivity contribution in [2.75, 3.05) is 0 Å². The molecule has 0 aliphatic rings. The summed E-state index contributed by atoms with van der Waals surface area (Å²) in [7, 11) is 0. The molecule has 24 heavy (non-hydrogen) atoms. The third-order valence-electron chi connectivity index (χ3n) is 3.64. The largest absolute Gasteiger partial charge is 0.331 e. The zero-order valence-corrected chi connectivity index (χ0v) is 14.3. The van der Waals surface area contributed by atoms with Gasteiger partial charge in [0.25, 0.3) is 0 Å². The second kappa shape index (κ2) is 7.27. The Bertz CT molecular complexity index is 784. The molecule has 0 unspecified atom stereocenters. The van der Waals surface area contributed by atoms with Gasteiger partial charge in [0, 0.05) is 4.88 Å². The molecule has 0 saturated carbocycles. The predicted octanol–water partition coefficient (Wildman–Crippen LogP) is 3.45. The van der Waals surface area contributed by atoms with E-state index in [0.29, 0.717) is 5.69 Å². The fraction of sp³-hybridized carbons (Fsp3) is 0.235. The number of rotatable bonds is 5. The Labute approximate surface area is 144 Å². The van der Waals surface area contributed by atoms with Crippen LogP contribution >= 0.6 is 11.3 Å². The molecule has 2 N–H and O–H groups in total. The van der Waals surface area contributed by atoms with E-state index in [0.717, 1.165) is 10.6 Å². The van der Waals surface area contributed by atoms with Crippen LogP contribution in [-0.2, 0) is 0 Å². The van der Waals surface area contributed by atoms with Gasteiger partial charge < -0.3 is 10.6 Å². The minimum Gasteiger partial charge on any atom is -0.331 e. The maximum atomic E-state index is 12.1. The number of hydrogen-bond donors (Lipinski definition) is 2. The third-order valence-corrected chi connectivity index (χ3v) is 4.70. The van der Waals surface area contributed by atoms with Gasteiger partial charge in [-0.05, 0) is 37.4 Å². The standard InChI is InChI=1S/C17H19N5OS/c1-12(18-17(23)19-13(2)16-9-6-10-24-16)15-11-22(21-20-15)14-7-4-3-5-8-14/h3-13H,1-2H3,(H2,18,19,23)/t12-,13-/m0/s1. The number of urea groups is 1. The van der Waals surface area contributed by atoms with E-state index in [1.165, 1.54) is 0 Å². The smallest absolute Gasteiger partial charge is 0.315 e. The molecule has 7 heteroatoms. The Morgan fingerprint density at radius 2 is 1.83 bits per heavy atom. The van der Waals surface area contributed by atoms with Gasteiger partial charge in [-0.3, -0.25) is 0 Å². The molecule has 3 rings (SSSR count). The lowest BCUT2D eigenvalue weighted by atomic mass is 10.2. The van der Waals surface area contributed by atoms with Crippen LogP contribution in [0.25, 0.3) is 5.69 Å². The second-order valence-electron chi connectivity index (χ2n) is 5.50. The Balaban J connectivity index is 1.60.